The number of aliphatic hydroxyl groups excluding tert-OH is 1. The first-order chi connectivity index (χ1) is 10.2. The van der Waals surface area contributed by atoms with E-state index >= 15 is 0 Å². The molecule has 0 bridgehead atoms. The van der Waals surface area contributed by atoms with Crippen molar-refractivity contribution in [2.24, 2.45) is 5.92 Å². The summed E-state index contributed by atoms with van der Waals surface area (Å²) < 4.78 is 1.98. The van der Waals surface area contributed by atoms with Crippen LogP contribution < -0.4 is 4.90 Å². The number of piperidine rings is 1. The van der Waals surface area contributed by atoms with Crippen molar-refractivity contribution >= 4 is 5.82 Å². The molecule has 2 heterocycles. The van der Waals surface area contributed by atoms with Gasteiger partial charge in [-0.3, -0.25) is 0 Å². The Balaban J connectivity index is 2.05. The molecule has 1 saturated heterocycles. The van der Waals surface area contributed by atoms with Gasteiger partial charge in [-0.25, -0.2) is 4.68 Å². The van der Waals surface area contributed by atoms with Crippen LogP contribution in [-0.2, 0) is 6.61 Å². The van der Waals surface area contributed by atoms with E-state index in [-0.39, 0.29) is 6.61 Å². The number of hydrogen-bond donors (Lipinski definition) is 1. The van der Waals surface area contributed by atoms with Gasteiger partial charge in [0, 0.05) is 18.7 Å². The molecule has 1 aliphatic heterocycles. The predicted octanol–water partition coefficient (Wildman–Crippen LogP) is 2.91. The molecule has 112 valence electrons. The molecule has 1 N–H and O–H groups in total. The molecule has 0 spiro atoms. The Hall–Kier alpha value is -1.81. The van der Waals surface area contributed by atoms with Gasteiger partial charge in [-0.2, -0.15) is 5.10 Å². The third-order valence-corrected chi connectivity index (χ3v) is 4.40. The molecule has 0 aliphatic carbocycles. The Morgan fingerprint density at radius 1 is 1.19 bits per heavy atom. The number of nitrogens with zero attached hydrogens (tertiary/aromatic N) is 3. The van der Waals surface area contributed by atoms with Crippen molar-refractivity contribution in [2.45, 2.75) is 33.3 Å². The topological polar surface area (TPSA) is 41.3 Å². The van der Waals surface area contributed by atoms with Crippen LogP contribution in [0.25, 0.3) is 5.69 Å². The summed E-state index contributed by atoms with van der Waals surface area (Å²) in [7, 11) is 0. The lowest BCUT2D eigenvalue weighted by molar-refractivity contribution is 0.281. The van der Waals surface area contributed by atoms with E-state index in [0.717, 1.165) is 41.8 Å². The lowest BCUT2D eigenvalue weighted by Crippen LogP contribution is -2.34. The number of rotatable bonds is 3. The summed E-state index contributed by atoms with van der Waals surface area (Å²) in [6, 6.07) is 10.2. The summed E-state index contributed by atoms with van der Waals surface area (Å²) >= 11 is 0. The quantitative estimate of drug-likeness (QED) is 0.942. The fraction of sp³-hybridized carbons (Fsp3) is 0.471. The molecule has 2 aromatic rings. The zero-order valence-corrected chi connectivity index (χ0v) is 12.8. The van der Waals surface area contributed by atoms with Gasteiger partial charge >= 0.3 is 0 Å². The van der Waals surface area contributed by atoms with Crippen LogP contribution in [0.2, 0.25) is 0 Å². The third kappa shape index (κ3) is 2.68. The monoisotopic (exact) mass is 285 g/mol. The Morgan fingerprint density at radius 2 is 1.86 bits per heavy atom. The summed E-state index contributed by atoms with van der Waals surface area (Å²) in [5.74, 6) is 1.85. The second-order valence-corrected chi connectivity index (χ2v) is 5.96. The Labute approximate surface area is 126 Å². The molecule has 0 atom stereocenters. The summed E-state index contributed by atoms with van der Waals surface area (Å²) in [5.41, 5.74) is 2.91. The molecule has 1 fully saturated rings. The zero-order chi connectivity index (χ0) is 14.8. The van der Waals surface area contributed by atoms with E-state index in [1.165, 1.54) is 12.8 Å². The van der Waals surface area contributed by atoms with E-state index in [0.29, 0.717) is 0 Å². The van der Waals surface area contributed by atoms with Crippen LogP contribution in [0.5, 0.6) is 0 Å². The minimum Gasteiger partial charge on any atom is -0.391 e. The fourth-order valence-electron chi connectivity index (χ4n) is 3.03. The van der Waals surface area contributed by atoms with Crippen LogP contribution in [0.4, 0.5) is 5.82 Å². The smallest absolute Gasteiger partial charge is 0.138 e. The second kappa shape index (κ2) is 5.90. The summed E-state index contributed by atoms with van der Waals surface area (Å²) in [6.45, 7) is 6.39. The van der Waals surface area contributed by atoms with Crippen LogP contribution in [0.15, 0.2) is 30.3 Å². The molecular formula is C17H23N3O. The number of anilines is 1. The maximum Gasteiger partial charge on any atom is 0.138 e. The van der Waals surface area contributed by atoms with Crippen LogP contribution in [0.1, 0.15) is 31.0 Å². The molecule has 1 aromatic carbocycles. The number of aliphatic hydroxyl groups is 1. The van der Waals surface area contributed by atoms with Crippen molar-refractivity contribution in [1.29, 1.82) is 0 Å². The number of aryl methyl sites for hydroxylation is 1. The van der Waals surface area contributed by atoms with E-state index < -0.39 is 0 Å². The molecule has 1 aliphatic rings. The predicted molar refractivity (Wildman–Crippen MR) is 84.8 cm³/mol. The van der Waals surface area contributed by atoms with Gasteiger partial charge in [0.2, 0.25) is 0 Å². The van der Waals surface area contributed by atoms with Crippen LogP contribution >= 0.6 is 0 Å². The van der Waals surface area contributed by atoms with Crippen LogP contribution in [0, 0.1) is 12.8 Å². The molecule has 3 rings (SSSR count). The average molecular weight is 285 g/mol. The summed E-state index contributed by atoms with van der Waals surface area (Å²) in [5, 5.41) is 14.4. The van der Waals surface area contributed by atoms with Gasteiger partial charge in [0.25, 0.3) is 0 Å². The lowest BCUT2D eigenvalue weighted by atomic mass is 9.99. The van der Waals surface area contributed by atoms with Crippen LogP contribution in [-0.4, -0.2) is 28.0 Å². The molecule has 1 aromatic heterocycles. The first kappa shape index (κ1) is 14.1. The van der Waals surface area contributed by atoms with E-state index in [4.69, 9.17) is 0 Å². The van der Waals surface area contributed by atoms with E-state index in [9.17, 15) is 5.11 Å². The SMILES string of the molecule is Cc1nn(-c2ccccc2)c(N2CCC(C)CC2)c1CO. The molecule has 21 heavy (non-hydrogen) atoms. The van der Waals surface area contributed by atoms with Gasteiger partial charge < -0.3 is 10.0 Å². The third-order valence-electron chi connectivity index (χ3n) is 4.40. The maximum atomic E-state index is 9.76. The summed E-state index contributed by atoms with van der Waals surface area (Å²) in [6.07, 6.45) is 2.40. The summed E-state index contributed by atoms with van der Waals surface area (Å²) in [4.78, 5) is 2.37. The lowest BCUT2D eigenvalue weighted by Gasteiger charge is -2.33. The number of aromatic nitrogens is 2. The fourth-order valence-corrected chi connectivity index (χ4v) is 3.03. The van der Waals surface area contributed by atoms with Crippen molar-refractivity contribution in [2.75, 3.05) is 18.0 Å². The van der Waals surface area contributed by atoms with Gasteiger partial charge in [-0.1, -0.05) is 25.1 Å². The molecule has 0 radical (unpaired) electrons. The zero-order valence-electron chi connectivity index (χ0n) is 12.8. The van der Waals surface area contributed by atoms with Crippen molar-refractivity contribution < 1.29 is 5.11 Å². The van der Waals surface area contributed by atoms with E-state index in [2.05, 4.69) is 29.1 Å². The number of para-hydroxylation sites is 1. The van der Waals surface area contributed by atoms with E-state index in [1.54, 1.807) is 0 Å². The first-order valence-electron chi connectivity index (χ1n) is 7.70. The molecule has 4 nitrogen and oxygen atoms in total. The molecule has 0 saturated carbocycles. The molecular weight excluding hydrogens is 262 g/mol. The van der Waals surface area contributed by atoms with Crippen LogP contribution in [0.3, 0.4) is 0 Å². The average Bonchev–Trinajstić information content (AvgIpc) is 2.85. The highest BCUT2D eigenvalue weighted by atomic mass is 16.3. The normalized spacial score (nSPS) is 16.4. The second-order valence-electron chi connectivity index (χ2n) is 5.96. The van der Waals surface area contributed by atoms with E-state index in [1.807, 2.05) is 29.8 Å². The van der Waals surface area contributed by atoms with Crippen molar-refractivity contribution in [3.8, 4) is 5.69 Å². The van der Waals surface area contributed by atoms with Gasteiger partial charge in [0.1, 0.15) is 5.82 Å². The van der Waals surface area contributed by atoms with Gasteiger partial charge in [-0.15, -0.1) is 0 Å². The molecule has 4 heteroatoms. The highest BCUT2D eigenvalue weighted by molar-refractivity contribution is 5.55. The van der Waals surface area contributed by atoms with Gasteiger partial charge in [-0.05, 0) is 37.8 Å². The Bertz CT molecular complexity index is 598. The van der Waals surface area contributed by atoms with Gasteiger partial charge in [0.05, 0.1) is 18.0 Å². The number of benzene rings is 1. The Kier molecular flexibility index (Phi) is 3.97. The Morgan fingerprint density at radius 3 is 2.48 bits per heavy atom. The standard InChI is InChI=1S/C17H23N3O/c1-13-8-10-19(11-9-13)17-16(12-21)14(2)18-20(17)15-6-4-3-5-7-15/h3-7,13,21H,8-12H2,1-2H3. The molecule has 0 unspecified atom stereocenters. The highest BCUT2D eigenvalue weighted by Crippen LogP contribution is 2.30. The van der Waals surface area contributed by atoms with Crippen molar-refractivity contribution in [3.63, 3.8) is 0 Å². The largest absolute Gasteiger partial charge is 0.391 e. The van der Waals surface area contributed by atoms with Crippen molar-refractivity contribution in [1.82, 2.24) is 9.78 Å². The van der Waals surface area contributed by atoms with Crippen molar-refractivity contribution in [3.05, 3.63) is 41.6 Å². The van der Waals surface area contributed by atoms with Gasteiger partial charge in [0.15, 0.2) is 0 Å². The maximum absolute atomic E-state index is 9.76. The minimum absolute atomic E-state index is 0.0417. The minimum atomic E-state index is 0.0417. The highest BCUT2D eigenvalue weighted by Gasteiger charge is 2.24. The first-order valence-corrected chi connectivity index (χ1v) is 7.70. The number of hydrogen-bond acceptors (Lipinski definition) is 3. The molecule has 0 amide bonds.